The molecular weight excluding hydrogens is 228 g/mol. The van der Waals surface area contributed by atoms with Crippen LogP contribution in [0.5, 0.6) is 0 Å². The standard InChI is InChI=1S/C14H20N2O2/c1-2-5-11(15)14(18)16-13-10-7-4-3-6-9(10)8-12(13)17/h3-4,6-7,11-13,17H,2,5,8,15H2,1H3,(H,16,18)/t11?,12-,13+/m0/s1. The number of carbonyl (C=O) groups excluding carboxylic acids is 1. The van der Waals surface area contributed by atoms with Crippen molar-refractivity contribution in [3.05, 3.63) is 35.4 Å². The molecule has 0 spiro atoms. The summed E-state index contributed by atoms with van der Waals surface area (Å²) < 4.78 is 0. The summed E-state index contributed by atoms with van der Waals surface area (Å²) in [6, 6.07) is 6.98. The van der Waals surface area contributed by atoms with Crippen LogP contribution in [0, 0.1) is 0 Å². The molecule has 1 amide bonds. The normalized spacial score (nSPS) is 23.5. The average molecular weight is 248 g/mol. The number of fused-ring (bicyclic) bond motifs is 1. The van der Waals surface area contributed by atoms with Crippen molar-refractivity contribution >= 4 is 5.91 Å². The third kappa shape index (κ3) is 2.54. The van der Waals surface area contributed by atoms with Crippen LogP contribution in [0.25, 0.3) is 0 Å². The van der Waals surface area contributed by atoms with Crippen LogP contribution < -0.4 is 11.1 Å². The lowest BCUT2D eigenvalue weighted by Crippen LogP contribution is -2.44. The van der Waals surface area contributed by atoms with E-state index in [2.05, 4.69) is 5.32 Å². The number of aliphatic hydroxyl groups is 1. The SMILES string of the molecule is CCCC(N)C(=O)N[C@@H]1c2ccccc2C[C@@H]1O. The van der Waals surface area contributed by atoms with Crippen LogP contribution in [-0.2, 0) is 11.2 Å². The largest absolute Gasteiger partial charge is 0.390 e. The first-order chi connectivity index (χ1) is 8.63. The quantitative estimate of drug-likeness (QED) is 0.740. The number of hydrogen-bond donors (Lipinski definition) is 3. The minimum Gasteiger partial charge on any atom is -0.390 e. The summed E-state index contributed by atoms with van der Waals surface area (Å²) in [6.07, 6.45) is 1.57. The van der Waals surface area contributed by atoms with Crippen LogP contribution in [-0.4, -0.2) is 23.2 Å². The second-order valence-corrected chi connectivity index (χ2v) is 4.85. The highest BCUT2D eigenvalue weighted by Gasteiger charge is 2.32. The summed E-state index contributed by atoms with van der Waals surface area (Å²) in [5.74, 6) is -0.183. The van der Waals surface area contributed by atoms with Crippen LogP contribution in [0.2, 0.25) is 0 Å². The van der Waals surface area contributed by atoms with Gasteiger partial charge in [-0.05, 0) is 17.5 Å². The number of rotatable bonds is 4. The molecule has 0 radical (unpaired) electrons. The number of carbonyl (C=O) groups is 1. The molecule has 4 nitrogen and oxygen atoms in total. The Morgan fingerprint density at radius 2 is 2.28 bits per heavy atom. The molecule has 4 heteroatoms. The molecule has 1 unspecified atom stereocenters. The molecular formula is C14H20N2O2. The van der Waals surface area contributed by atoms with E-state index < -0.39 is 12.1 Å². The molecule has 0 aliphatic heterocycles. The van der Waals surface area contributed by atoms with Gasteiger partial charge in [0, 0.05) is 6.42 Å². The highest BCUT2D eigenvalue weighted by Crippen LogP contribution is 2.31. The van der Waals surface area contributed by atoms with Gasteiger partial charge in [-0.3, -0.25) is 4.79 Å². The molecule has 1 aliphatic rings. The first-order valence-corrected chi connectivity index (χ1v) is 6.45. The van der Waals surface area contributed by atoms with Gasteiger partial charge in [-0.15, -0.1) is 0 Å². The fraction of sp³-hybridized carbons (Fsp3) is 0.500. The Bertz CT molecular complexity index is 434. The molecule has 98 valence electrons. The fourth-order valence-electron chi connectivity index (χ4n) is 2.45. The van der Waals surface area contributed by atoms with E-state index in [-0.39, 0.29) is 11.9 Å². The zero-order valence-corrected chi connectivity index (χ0v) is 10.6. The van der Waals surface area contributed by atoms with E-state index >= 15 is 0 Å². The maximum atomic E-state index is 11.9. The highest BCUT2D eigenvalue weighted by molar-refractivity contribution is 5.82. The second-order valence-electron chi connectivity index (χ2n) is 4.85. The van der Waals surface area contributed by atoms with Gasteiger partial charge in [0.1, 0.15) is 0 Å². The molecule has 0 saturated heterocycles. The minimum absolute atomic E-state index is 0.183. The monoisotopic (exact) mass is 248 g/mol. The molecule has 18 heavy (non-hydrogen) atoms. The number of amides is 1. The Morgan fingerprint density at radius 3 is 3.00 bits per heavy atom. The third-order valence-electron chi connectivity index (χ3n) is 3.44. The number of benzene rings is 1. The summed E-state index contributed by atoms with van der Waals surface area (Å²) >= 11 is 0. The molecule has 0 saturated carbocycles. The Morgan fingerprint density at radius 1 is 1.56 bits per heavy atom. The third-order valence-corrected chi connectivity index (χ3v) is 3.44. The van der Waals surface area contributed by atoms with Gasteiger partial charge < -0.3 is 16.2 Å². The minimum atomic E-state index is -0.555. The summed E-state index contributed by atoms with van der Waals surface area (Å²) in [5, 5.41) is 12.9. The number of nitrogens with one attached hydrogen (secondary N) is 1. The van der Waals surface area contributed by atoms with E-state index in [0.717, 1.165) is 17.5 Å². The first-order valence-electron chi connectivity index (χ1n) is 6.45. The molecule has 4 N–H and O–H groups in total. The average Bonchev–Trinajstić information content (AvgIpc) is 2.66. The summed E-state index contributed by atoms with van der Waals surface area (Å²) in [7, 11) is 0. The molecule has 1 aliphatic carbocycles. The van der Waals surface area contributed by atoms with Crippen molar-refractivity contribution < 1.29 is 9.90 Å². The molecule has 1 aromatic carbocycles. The summed E-state index contributed by atoms with van der Waals surface area (Å²) in [6.45, 7) is 1.99. The second kappa shape index (κ2) is 5.50. The lowest BCUT2D eigenvalue weighted by Gasteiger charge is -2.20. The Balaban J connectivity index is 2.08. The van der Waals surface area contributed by atoms with Gasteiger partial charge in [-0.1, -0.05) is 37.6 Å². The lowest BCUT2D eigenvalue weighted by molar-refractivity contribution is -0.124. The van der Waals surface area contributed by atoms with Crippen molar-refractivity contribution in [1.29, 1.82) is 0 Å². The van der Waals surface area contributed by atoms with E-state index in [1.165, 1.54) is 0 Å². The first kappa shape index (κ1) is 13.1. The maximum absolute atomic E-state index is 11.9. The molecule has 3 atom stereocenters. The molecule has 2 rings (SSSR count). The Labute approximate surface area is 107 Å². The van der Waals surface area contributed by atoms with E-state index in [4.69, 9.17) is 5.73 Å². The van der Waals surface area contributed by atoms with Crippen LogP contribution in [0.4, 0.5) is 0 Å². The fourth-order valence-corrected chi connectivity index (χ4v) is 2.45. The van der Waals surface area contributed by atoms with Gasteiger partial charge in [0.15, 0.2) is 0 Å². The van der Waals surface area contributed by atoms with Crippen molar-refractivity contribution in [2.75, 3.05) is 0 Å². The summed E-state index contributed by atoms with van der Waals surface area (Å²) in [5.41, 5.74) is 7.88. The van der Waals surface area contributed by atoms with Gasteiger partial charge in [-0.25, -0.2) is 0 Å². The Kier molecular flexibility index (Phi) is 3.99. The van der Waals surface area contributed by atoms with E-state index in [1.54, 1.807) is 0 Å². The van der Waals surface area contributed by atoms with Crippen molar-refractivity contribution in [1.82, 2.24) is 5.32 Å². The Hall–Kier alpha value is -1.39. The van der Waals surface area contributed by atoms with Crippen molar-refractivity contribution in [2.45, 2.75) is 44.4 Å². The maximum Gasteiger partial charge on any atom is 0.237 e. The van der Waals surface area contributed by atoms with Crippen molar-refractivity contribution in [2.24, 2.45) is 5.73 Å². The smallest absolute Gasteiger partial charge is 0.237 e. The van der Waals surface area contributed by atoms with Gasteiger partial charge in [0.05, 0.1) is 18.2 Å². The predicted molar refractivity (Wildman–Crippen MR) is 69.9 cm³/mol. The number of aliphatic hydroxyl groups excluding tert-OH is 1. The van der Waals surface area contributed by atoms with Crippen LogP contribution in [0.15, 0.2) is 24.3 Å². The van der Waals surface area contributed by atoms with Gasteiger partial charge in [0.2, 0.25) is 5.91 Å². The van der Waals surface area contributed by atoms with E-state index in [1.807, 2.05) is 31.2 Å². The van der Waals surface area contributed by atoms with Crippen LogP contribution in [0.1, 0.15) is 36.9 Å². The highest BCUT2D eigenvalue weighted by atomic mass is 16.3. The molecule has 0 fully saturated rings. The van der Waals surface area contributed by atoms with Crippen LogP contribution in [0.3, 0.4) is 0 Å². The zero-order chi connectivity index (χ0) is 13.1. The number of nitrogens with two attached hydrogens (primary N) is 1. The number of hydrogen-bond acceptors (Lipinski definition) is 3. The predicted octanol–water partition coefficient (Wildman–Crippen LogP) is 0.888. The van der Waals surface area contributed by atoms with Crippen LogP contribution >= 0.6 is 0 Å². The van der Waals surface area contributed by atoms with E-state index in [9.17, 15) is 9.90 Å². The molecule has 0 aromatic heterocycles. The van der Waals surface area contributed by atoms with Crippen molar-refractivity contribution in [3.63, 3.8) is 0 Å². The van der Waals surface area contributed by atoms with Crippen molar-refractivity contribution in [3.8, 4) is 0 Å². The molecule has 0 heterocycles. The molecule has 0 bridgehead atoms. The zero-order valence-electron chi connectivity index (χ0n) is 10.6. The molecule has 1 aromatic rings. The van der Waals surface area contributed by atoms with E-state index in [0.29, 0.717) is 12.8 Å². The summed E-state index contributed by atoms with van der Waals surface area (Å²) in [4.78, 5) is 11.9. The van der Waals surface area contributed by atoms with Gasteiger partial charge in [-0.2, -0.15) is 0 Å². The lowest BCUT2D eigenvalue weighted by atomic mass is 10.1. The topological polar surface area (TPSA) is 75.4 Å². The van der Waals surface area contributed by atoms with Gasteiger partial charge >= 0.3 is 0 Å². The van der Waals surface area contributed by atoms with Gasteiger partial charge in [0.25, 0.3) is 0 Å².